The van der Waals surface area contributed by atoms with Crippen LogP contribution in [0.2, 0.25) is 0 Å². The first kappa shape index (κ1) is 11.0. The van der Waals surface area contributed by atoms with Crippen molar-refractivity contribution in [2.75, 3.05) is 6.79 Å². The van der Waals surface area contributed by atoms with Crippen molar-refractivity contribution in [3.8, 4) is 11.5 Å². The third kappa shape index (κ3) is 1.89. The molecule has 0 amide bonds. The number of nitrogens with one attached hydrogen (secondary N) is 1. The fourth-order valence-corrected chi connectivity index (χ4v) is 2.13. The first-order valence-electron chi connectivity index (χ1n) is 6.27. The Kier molecular flexibility index (Phi) is 2.42. The average Bonchev–Trinajstić information content (AvgIpc) is 3.10. The van der Waals surface area contributed by atoms with Gasteiger partial charge in [-0.2, -0.15) is 0 Å². The van der Waals surface area contributed by atoms with Crippen LogP contribution >= 0.6 is 0 Å². The minimum atomic E-state index is 0.277. The summed E-state index contributed by atoms with van der Waals surface area (Å²) in [6, 6.07) is 13.5. The van der Waals surface area contributed by atoms with Crippen LogP contribution in [-0.2, 0) is 0 Å². The predicted octanol–water partition coefficient (Wildman–Crippen LogP) is 3.04. The summed E-state index contributed by atoms with van der Waals surface area (Å²) < 4.78 is 10.6. The Hall–Kier alpha value is -2.82. The van der Waals surface area contributed by atoms with Gasteiger partial charge in [-0.15, -0.1) is 0 Å². The summed E-state index contributed by atoms with van der Waals surface area (Å²) in [5.41, 5.74) is 2.82. The number of aliphatic imine (C=N–C) groups is 1. The van der Waals surface area contributed by atoms with E-state index < -0.39 is 0 Å². The van der Waals surface area contributed by atoms with E-state index in [1.807, 2.05) is 42.5 Å². The van der Waals surface area contributed by atoms with Crippen LogP contribution in [0.25, 0.3) is 11.0 Å². The van der Waals surface area contributed by atoms with Gasteiger partial charge in [0.1, 0.15) is 0 Å². The minimum absolute atomic E-state index is 0.277. The Morgan fingerprint density at radius 1 is 1.10 bits per heavy atom. The zero-order valence-electron chi connectivity index (χ0n) is 10.5. The molecular weight excluding hydrogens is 254 g/mol. The maximum Gasteiger partial charge on any atom is 0.231 e. The highest BCUT2D eigenvalue weighted by Crippen LogP contribution is 2.32. The lowest BCUT2D eigenvalue weighted by atomic mass is 10.2. The normalized spacial score (nSPS) is 13.4. The van der Waals surface area contributed by atoms with E-state index in [0.717, 1.165) is 28.1 Å². The lowest BCUT2D eigenvalue weighted by Crippen LogP contribution is -1.92. The number of rotatable bonds is 2. The Morgan fingerprint density at radius 2 is 2.00 bits per heavy atom. The molecule has 20 heavy (non-hydrogen) atoms. The average molecular weight is 265 g/mol. The lowest BCUT2D eigenvalue weighted by molar-refractivity contribution is 0.174. The molecule has 1 aromatic heterocycles. The van der Waals surface area contributed by atoms with Crippen molar-refractivity contribution in [2.24, 2.45) is 4.99 Å². The second-order valence-electron chi connectivity index (χ2n) is 4.45. The molecule has 4 rings (SSSR count). The van der Waals surface area contributed by atoms with Crippen LogP contribution in [0.1, 0.15) is 5.56 Å². The molecule has 0 unspecified atom stereocenters. The van der Waals surface area contributed by atoms with Gasteiger partial charge in [-0.3, -0.25) is 0 Å². The lowest BCUT2D eigenvalue weighted by Gasteiger charge is -1.96. The number of hydrogen-bond donors (Lipinski definition) is 1. The van der Waals surface area contributed by atoms with E-state index in [1.165, 1.54) is 0 Å². The van der Waals surface area contributed by atoms with E-state index in [-0.39, 0.29) is 6.79 Å². The molecule has 0 saturated heterocycles. The largest absolute Gasteiger partial charge is 0.454 e. The topological polar surface area (TPSA) is 59.5 Å². The zero-order valence-corrected chi connectivity index (χ0v) is 10.5. The smallest absolute Gasteiger partial charge is 0.231 e. The molecule has 5 heteroatoms. The number of H-pyrrole nitrogens is 1. The summed E-state index contributed by atoms with van der Waals surface area (Å²) in [5, 5.41) is 0. The number of fused-ring (bicyclic) bond motifs is 2. The molecule has 1 aliphatic rings. The third-order valence-electron chi connectivity index (χ3n) is 3.11. The molecule has 0 bridgehead atoms. The zero-order chi connectivity index (χ0) is 13.4. The van der Waals surface area contributed by atoms with Gasteiger partial charge >= 0.3 is 0 Å². The second kappa shape index (κ2) is 4.38. The van der Waals surface area contributed by atoms with Crippen molar-refractivity contribution >= 4 is 23.2 Å². The molecule has 2 heterocycles. The van der Waals surface area contributed by atoms with Gasteiger partial charge in [0, 0.05) is 6.21 Å². The molecule has 0 atom stereocenters. The molecule has 1 aliphatic heterocycles. The van der Waals surface area contributed by atoms with Crippen molar-refractivity contribution < 1.29 is 9.47 Å². The fraction of sp³-hybridized carbons (Fsp3) is 0.0667. The van der Waals surface area contributed by atoms with Crippen molar-refractivity contribution in [2.45, 2.75) is 0 Å². The minimum Gasteiger partial charge on any atom is -0.454 e. The number of hydrogen-bond acceptors (Lipinski definition) is 4. The molecule has 3 aromatic rings. The Bertz CT molecular complexity index is 775. The summed E-state index contributed by atoms with van der Waals surface area (Å²) in [4.78, 5) is 11.9. The molecule has 0 aliphatic carbocycles. The number of aromatic nitrogens is 2. The molecule has 0 fully saturated rings. The van der Waals surface area contributed by atoms with Crippen LogP contribution < -0.4 is 9.47 Å². The van der Waals surface area contributed by atoms with E-state index in [1.54, 1.807) is 6.21 Å². The van der Waals surface area contributed by atoms with Crippen LogP contribution in [0, 0.1) is 0 Å². The summed E-state index contributed by atoms with van der Waals surface area (Å²) >= 11 is 0. The third-order valence-corrected chi connectivity index (χ3v) is 3.11. The quantitative estimate of drug-likeness (QED) is 0.724. The number of benzene rings is 2. The summed E-state index contributed by atoms with van der Waals surface area (Å²) in [6.45, 7) is 0.277. The Morgan fingerprint density at radius 3 is 2.95 bits per heavy atom. The highest BCUT2D eigenvalue weighted by molar-refractivity contribution is 5.84. The SMILES string of the molecule is C(=Nc1nc2ccccc2[nH]1)c1ccc2c(c1)OCO2. The first-order valence-corrected chi connectivity index (χ1v) is 6.27. The first-order chi connectivity index (χ1) is 9.88. The van der Waals surface area contributed by atoms with E-state index in [9.17, 15) is 0 Å². The number of nitrogens with zero attached hydrogens (tertiary/aromatic N) is 2. The molecule has 2 aromatic carbocycles. The number of para-hydroxylation sites is 2. The van der Waals surface area contributed by atoms with Crippen molar-refractivity contribution in [1.82, 2.24) is 9.97 Å². The van der Waals surface area contributed by atoms with Gasteiger partial charge < -0.3 is 14.5 Å². The molecular formula is C15H11N3O2. The molecule has 5 nitrogen and oxygen atoms in total. The standard InChI is InChI=1S/C15H11N3O2/c1-2-4-12-11(3-1)17-15(18-12)16-8-10-5-6-13-14(7-10)20-9-19-13/h1-8H,9H2,(H,17,18). The highest BCUT2D eigenvalue weighted by atomic mass is 16.7. The van der Waals surface area contributed by atoms with E-state index in [2.05, 4.69) is 15.0 Å². The van der Waals surface area contributed by atoms with Crippen molar-refractivity contribution in [3.63, 3.8) is 0 Å². The monoisotopic (exact) mass is 265 g/mol. The van der Waals surface area contributed by atoms with E-state index in [4.69, 9.17) is 9.47 Å². The molecule has 0 saturated carbocycles. The second-order valence-corrected chi connectivity index (χ2v) is 4.45. The Labute approximate surface area is 114 Å². The van der Waals surface area contributed by atoms with Crippen LogP contribution in [0.15, 0.2) is 47.5 Å². The molecule has 1 N–H and O–H groups in total. The number of aromatic amines is 1. The fourth-order valence-electron chi connectivity index (χ4n) is 2.13. The summed E-state index contributed by atoms with van der Waals surface area (Å²) in [7, 11) is 0. The predicted molar refractivity (Wildman–Crippen MR) is 75.9 cm³/mol. The van der Waals surface area contributed by atoms with Gasteiger partial charge in [0.15, 0.2) is 11.5 Å². The van der Waals surface area contributed by atoms with Gasteiger partial charge in [-0.25, -0.2) is 9.98 Å². The summed E-state index contributed by atoms with van der Waals surface area (Å²) in [6.07, 6.45) is 1.75. The van der Waals surface area contributed by atoms with Crippen molar-refractivity contribution in [3.05, 3.63) is 48.0 Å². The highest BCUT2D eigenvalue weighted by Gasteiger charge is 2.12. The van der Waals surface area contributed by atoms with Crippen LogP contribution in [0.4, 0.5) is 5.95 Å². The van der Waals surface area contributed by atoms with E-state index in [0.29, 0.717) is 5.95 Å². The maximum absolute atomic E-state index is 5.33. The molecule has 0 spiro atoms. The van der Waals surface area contributed by atoms with Crippen molar-refractivity contribution in [1.29, 1.82) is 0 Å². The van der Waals surface area contributed by atoms with Gasteiger partial charge in [0.2, 0.25) is 12.7 Å². The number of imidazole rings is 1. The van der Waals surface area contributed by atoms with Gasteiger partial charge in [-0.05, 0) is 35.9 Å². The number of ether oxygens (including phenoxy) is 2. The summed E-state index contributed by atoms with van der Waals surface area (Å²) in [5.74, 6) is 2.10. The van der Waals surface area contributed by atoms with Gasteiger partial charge in [0.25, 0.3) is 0 Å². The van der Waals surface area contributed by atoms with Gasteiger partial charge in [-0.1, -0.05) is 12.1 Å². The molecule has 0 radical (unpaired) electrons. The van der Waals surface area contributed by atoms with Crippen LogP contribution in [-0.4, -0.2) is 23.0 Å². The van der Waals surface area contributed by atoms with E-state index >= 15 is 0 Å². The van der Waals surface area contributed by atoms with Crippen LogP contribution in [0.3, 0.4) is 0 Å². The maximum atomic E-state index is 5.33. The van der Waals surface area contributed by atoms with Crippen LogP contribution in [0.5, 0.6) is 11.5 Å². The Balaban J connectivity index is 1.64. The van der Waals surface area contributed by atoms with Gasteiger partial charge in [0.05, 0.1) is 11.0 Å². The molecule has 98 valence electrons.